The molecule has 4 N–H and O–H groups in total. The Bertz CT molecular complexity index is 454. The van der Waals surface area contributed by atoms with Gasteiger partial charge in [-0.05, 0) is 24.1 Å². The highest BCUT2D eigenvalue weighted by Gasteiger charge is 2.14. The van der Waals surface area contributed by atoms with Crippen molar-refractivity contribution in [2.75, 3.05) is 12.1 Å². The number of anilines is 1. The first-order valence-electron chi connectivity index (χ1n) is 4.50. The number of hydrogen-bond acceptors (Lipinski definition) is 4. The summed E-state index contributed by atoms with van der Waals surface area (Å²) in [6.45, 7) is 1.87. The number of aryl methyl sites for hydroxylation is 1. The van der Waals surface area contributed by atoms with Gasteiger partial charge in [0.25, 0.3) is 0 Å². The number of hydrogen-bond donors (Lipinski definition) is 2. The van der Waals surface area contributed by atoms with E-state index in [9.17, 15) is 8.42 Å². The molecule has 0 aliphatic rings. The SMILES string of the molecule is CCc1ccc(N(C)N)cc1S(N)(=O)=O. The molecular weight excluding hydrogens is 214 g/mol. The summed E-state index contributed by atoms with van der Waals surface area (Å²) in [5, 5.41) is 6.46. The monoisotopic (exact) mass is 229 g/mol. The summed E-state index contributed by atoms with van der Waals surface area (Å²) in [4.78, 5) is 0.139. The standard InChI is InChI=1S/C9H15N3O2S/c1-3-7-4-5-8(12(2)10)6-9(7)15(11,13)14/h4-6H,3,10H2,1-2H3,(H2,11,13,14). The molecule has 0 unspecified atom stereocenters. The maximum Gasteiger partial charge on any atom is 0.238 e. The van der Waals surface area contributed by atoms with E-state index in [0.717, 1.165) is 0 Å². The van der Waals surface area contributed by atoms with Gasteiger partial charge in [-0.25, -0.2) is 19.4 Å². The molecule has 0 aliphatic carbocycles. The van der Waals surface area contributed by atoms with Gasteiger partial charge in [0.05, 0.1) is 10.6 Å². The molecule has 0 radical (unpaired) electrons. The predicted octanol–water partition coefficient (Wildman–Crippen LogP) is 0.206. The van der Waals surface area contributed by atoms with Gasteiger partial charge in [-0.1, -0.05) is 13.0 Å². The molecule has 5 nitrogen and oxygen atoms in total. The molecular formula is C9H15N3O2S. The van der Waals surface area contributed by atoms with Gasteiger partial charge < -0.3 is 5.01 Å². The lowest BCUT2D eigenvalue weighted by Gasteiger charge is -2.14. The molecule has 0 amide bonds. The molecule has 0 bridgehead atoms. The molecule has 0 atom stereocenters. The summed E-state index contributed by atoms with van der Waals surface area (Å²) in [7, 11) is -2.05. The Balaban J connectivity index is 3.39. The van der Waals surface area contributed by atoms with Crippen molar-refractivity contribution < 1.29 is 8.42 Å². The summed E-state index contributed by atoms with van der Waals surface area (Å²) < 4.78 is 22.6. The second-order valence-electron chi connectivity index (χ2n) is 3.30. The second kappa shape index (κ2) is 4.18. The number of rotatable bonds is 3. The molecule has 1 aromatic carbocycles. The fourth-order valence-electron chi connectivity index (χ4n) is 1.32. The van der Waals surface area contributed by atoms with Crippen LogP contribution < -0.4 is 16.0 Å². The molecule has 0 saturated heterocycles. The number of sulfonamides is 1. The number of nitrogens with zero attached hydrogens (tertiary/aromatic N) is 1. The van der Waals surface area contributed by atoms with Crippen molar-refractivity contribution in [1.82, 2.24) is 0 Å². The van der Waals surface area contributed by atoms with E-state index in [1.807, 2.05) is 6.92 Å². The Kier molecular flexibility index (Phi) is 3.33. The molecule has 6 heteroatoms. The van der Waals surface area contributed by atoms with Crippen LogP contribution in [0.2, 0.25) is 0 Å². The van der Waals surface area contributed by atoms with Crippen molar-refractivity contribution >= 4 is 15.7 Å². The van der Waals surface area contributed by atoms with Crippen LogP contribution in [0.4, 0.5) is 5.69 Å². The van der Waals surface area contributed by atoms with Gasteiger partial charge in [-0.3, -0.25) is 0 Å². The Morgan fingerprint density at radius 1 is 1.40 bits per heavy atom. The van der Waals surface area contributed by atoms with Crippen molar-refractivity contribution in [3.63, 3.8) is 0 Å². The summed E-state index contributed by atoms with van der Waals surface area (Å²) in [6, 6.07) is 4.96. The van der Waals surface area contributed by atoms with Crippen LogP contribution in [0.1, 0.15) is 12.5 Å². The Hall–Kier alpha value is -1.11. The first-order valence-corrected chi connectivity index (χ1v) is 6.05. The lowest BCUT2D eigenvalue weighted by molar-refractivity contribution is 0.596. The van der Waals surface area contributed by atoms with Gasteiger partial charge in [-0.15, -0.1) is 0 Å². The maximum atomic E-state index is 11.3. The van der Waals surface area contributed by atoms with Crippen LogP contribution in [-0.4, -0.2) is 15.5 Å². The van der Waals surface area contributed by atoms with Crippen LogP contribution in [0.3, 0.4) is 0 Å². The van der Waals surface area contributed by atoms with Gasteiger partial charge >= 0.3 is 0 Å². The van der Waals surface area contributed by atoms with E-state index in [-0.39, 0.29) is 4.90 Å². The minimum atomic E-state index is -3.68. The molecule has 0 aromatic heterocycles. The average Bonchev–Trinajstić information content (AvgIpc) is 2.15. The van der Waals surface area contributed by atoms with Crippen molar-refractivity contribution in [3.05, 3.63) is 23.8 Å². The second-order valence-corrected chi connectivity index (χ2v) is 4.83. The third-order valence-electron chi connectivity index (χ3n) is 2.15. The highest BCUT2D eigenvalue weighted by Crippen LogP contribution is 2.21. The average molecular weight is 229 g/mol. The van der Waals surface area contributed by atoms with Crippen LogP contribution in [0, 0.1) is 0 Å². The fourth-order valence-corrected chi connectivity index (χ4v) is 2.18. The molecule has 0 fully saturated rings. The van der Waals surface area contributed by atoms with Gasteiger partial charge in [0.1, 0.15) is 0 Å². The summed E-state index contributed by atoms with van der Waals surface area (Å²) in [6.07, 6.45) is 0.611. The molecule has 15 heavy (non-hydrogen) atoms. The summed E-state index contributed by atoms with van der Waals surface area (Å²) in [5.41, 5.74) is 1.30. The molecule has 0 heterocycles. The zero-order valence-corrected chi connectivity index (χ0v) is 9.58. The third-order valence-corrected chi connectivity index (χ3v) is 3.14. The quantitative estimate of drug-likeness (QED) is 0.572. The van der Waals surface area contributed by atoms with Crippen molar-refractivity contribution in [2.24, 2.45) is 11.0 Å². The maximum absolute atomic E-state index is 11.3. The van der Waals surface area contributed by atoms with E-state index in [4.69, 9.17) is 11.0 Å². The third kappa shape index (κ3) is 2.68. The van der Waals surface area contributed by atoms with E-state index in [1.54, 1.807) is 19.2 Å². The Labute approximate surface area is 89.7 Å². The van der Waals surface area contributed by atoms with Crippen LogP contribution in [-0.2, 0) is 16.4 Å². The van der Waals surface area contributed by atoms with Crippen molar-refractivity contribution in [2.45, 2.75) is 18.2 Å². The number of hydrazine groups is 1. The predicted molar refractivity (Wildman–Crippen MR) is 59.8 cm³/mol. The summed E-state index contributed by atoms with van der Waals surface area (Å²) in [5.74, 6) is 5.52. The first-order chi connectivity index (χ1) is 6.86. The largest absolute Gasteiger partial charge is 0.314 e. The number of primary sulfonamides is 1. The molecule has 1 aromatic rings. The van der Waals surface area contributed by atoms with E-state index in [1.165, 1.54) is 11.1 Å². The molecule has 84 valence electrons. The minimum Gasteiger partial charge on any atom is -0.314 e. The van der Waals surface area contributed by atoms with Crippen LogP contribution in [0.5, 0.6) is 0 Å². The van der Waals surface area contributed by atoms with Crippen molar-refractivity contribution in [1.29, 1.82) is 0 Å². The van der Waals surface area contributed by atoms with Gasteiger partial charge in [0, 0.05) is 7.05 Å². The topological polar surface area (TPSA) is 89.4 Å². The normalized spacial score (nSPS) is 11.5. The van der Waals surface area contributed by atoms with Crippen molar-refractivity contribution in [3.8, 4) is 0 Å². The van der Waals surface area contributed by atoms with E-state index < -0.39 is 10.0 Å². The zero-order valence-electron chi connectivity index (χ0n) is 8.77. The van der Waals surface area contributed by atoms with Gasteiger partial charge in [0.15, 0.2) is 0 Å². The minimum absolute atomic E-state index is 0.139. The number of benzene rings is 1. The molecule has 0 spiro atoms. The molecule has 0 aliphatic heterocycles. The summed E-state index contributed by atoms with van der Waals surface area (Å²) >= 11 is 0. The zero-order chi connectivity index (χ0) is 11.6. The smallest absolute Gasteiger partial charge is 0.238 e. The lowest BCUT2D eigenvalue weighted by atomic mass is 10.1. The van der Waals surface area contributed by atoms with E-state index in [0.29, 0.717) is 17.7 Å². The van der Waals surface area contributed by atoms with Crippen LogP contribution in [0.15, 0.2) is 23.1 Å². The van der Waals surface area contributed by atoms with Gasteiger partial charge in [-0.2, -0.15) is 0 Å². The van der Waals surface area contributed by atoms with E-state index in [2.05, 4.69) is 0 Å². The number of nitrogens with two attached hydrogens (primary N) is 2. The molecule has 0 saturated carbocycles. The van der Waals surface area contributed by atoms with Gasteiger partial charge in [0.2, 0.25) is 10.0 Å². The Morgan fingerprint density at radius 3 is 2.40 bits per heavy atom. The Morgan fingerprint density at radius 2 is 2.00 bits per heavy atom. The lowest BCUT2D eigenvalue weighted by Crippen LogP contribution is -2.25. The fraction of sp³-hybridized carbons (Fsp3) is 0.333. The van der Waals surface area contributed by atoms with Crippen LogP contribution in [0.25, 0.3) is 0 Å². The van der Waals surface area contributed by atoms with Crippen LogP contribution >= 0.6 is 0 Å². The highest BCUT2D eigenvalue weighted by molar-refractivity contribution is 7.89. The highest BCUT2D eigenvalue weighted by atomic mass is 32.2. The molecule has 1 rings (SSSR count). The van der Waals surface area contributed by atoms with E-state index >= 15 is 0 Å². The first kappa shape index (κ1) is 12.0.